The van der Waals surface area contributed by atoms with Crippen LogP contribution < -0.4 is 21.7 Å². The zero-order valence-electron chi connectivity index (χ0n) is 23.5. The Balaban J connectivity index is 1.37. The van der Waals surface area contributed by atoms with Crippen LogP contribution in [-0.4, -0.2) is 70.9 Å². The van der Waals surface area contributed by atoms with Crippen molar-refractivity contribution in [1.82, 2.24) is 10.2 Å². The number of nitrogens with one attached hydrogen (secondary N) is 3. The number of rotatable bonds is 16. The molecule has 2 atom stereocenters. The van der Waals surface area contributed by atoms with Crippen molar-refractivity contribution >= 4 is 64.5 Å². The summed E-state index contributed by atoms with van der Waals surface area (Å²) in [5, 5.41) is 24.8. The first-order valence-electron chi connectivity index (χ1n) is 13.5. The second kappa shape index (κ2) is 16.2. The highest BCUT2D eigenvalue weighted by Crippen LogP contribution is 2.22. The van der Waals surface area contributed by atoms with Crippen LogP contribution in [0.15, 0.2) is 70.9 Å². The van der Waals surface area contributed by atoms with Gasteiger partial charge in [-0.25, -0.2) is 0 Å². The molecule has 0 radical (unpaired) electrons. The number of carbonyl (C=O) groups excluding carboxylic acids is 6. The van der Waals surface area contributed by atoms with Crippen molar-refractivity contribution in [3.05, 3.63) is 60.7 Å². The highest BCUT2D eigenvalue weighted by Gasteiger charge is 2.25. The Labute approximate surface area is 251 Å². The molecule has 1 aliphatic heterocycles. The lowest BCUT2D eigenvalue weighted by atomic mass is 9.96. The molecule has 3 rings (SSSR count). The monoisotopic (exact) mass is 605 g/mol. The van der Waals surface area contributed by atoms with Crippen LogP contribution in [0.1, 0.15) is 25.7 Å². The van der Waals surface area contributed by atoms with Crippen molar-refractivity contribution in [2.24, 2.45) is 21.9 Å². The number of anilines is 2. The van der Waals surface area contributed by atoms with Crippen molar-refractivity contribution in [2.75, 3.05) is 23.7 Å². The fourth-order valence-corrected chi connectivity index (χ4v) is 3.94. The van der Waals surface area contributed by atoms with Crippen molar-refractivity contribution in [3.63, 3.8) is 0 Å². The number of carboxylic acid groups (broad SMARTS) is 1. The molecule has 230 valence electrons. The lowest BCUT2D eigenvalue weighted by Crippen LogP contribution is -2.37. The van der Waals surface area contributed by atoms with E-state index in [4.69, 9.17) is 10.8 Å². The molecule has 0 fully saturated rings. The molecule has 44 heavy (non-hydrogen) atoms. The van der Waals surface area contributed by atoms with E-state index < -0.39 is 48.1 Å². The second-order valence-electron chi connectivity index (χ2n) is 9.73. The molecular weight excluding hydrogens is 574 g/mol. The third-order valence-corrected chi connectivity index (χ3v) is 6.28. The SMILES string of the molecule is N[C@@H](C[C@H](C=O)CCCC(=O)NCC(=O)Nc1ccc(N=Nc2ccc(NC(=O)CN3C(=O)C=CC3=O)cc2)cc1)C(=O)O. The number of azo groups is 1. The molecule has 2 aromatic rings. The summed E-state index contributed by atoms with van der Waals surface area (Å²) in [4.78, 5) is 82.2. The summed E-state index contributed by atoms with van der Waals surface area (Å²) in [6.07, 6.45) is 3.55. The number of aldehydes is 1. The average Bonchev–Trinajstić information content (AvgIpc) is 3.31. The van der Waals surface area contributed by atoms with Crippen LogP contribution in [0, 0.1) is 5.92 Å². The molecular formula is C29H31N7O8. The van der Waals surface area contributed by atoms with Gasteiger partial charge < -0.3 is 31.6 Å². The van der Waals surface area contributed by atoms with Gasteiger partial charge in [-0.3, -0.25) is 33.7 Å². The number of hydrogen-bond acceptors (Lipinski definition) is 10. The van der Waals surface area contributed by atoms with E-state index in [0.29, 0.717) is 41.9 Å². The van der Waals surface area contributed by atoms with Crippen LogP contribution in [0.4, 0.5) is 22.7 Å². The summed E-state index contributed by atoms with van der Waals surface area (Å²) in [6.45, 7) is -0.653. The van der Waals surface area contributed by atoms with Gasteiger partial charge in [0.2, 0.25) is 17.7 Å². The highest BCUT2D eigenvalue weighted by atomic mass is 16.4. The molecule has 1 heterocycles. The molecule has 2 aromatic carbocycles. The Morgan fingerprint density at radius 3 is 1.86 bits per heavy atom. The minimum Gasteiger partial charge on any atom is -0.480 e. The average molecular weight is 606 g/mol. The molecule has 15 nitrogen and oxygen atoms in total. The molecule has 0 unspecified atom stereocenters. The maximum atomic E-state index is 12.2. The molecule has 0 aromatic heterocycles. The molecule has 0 spiro atoms. The van der Waals surface area contributed by atoms with Crippen LogP contribution in [-0.2, 0) is 33.6 Å². The standard InChI is InChI=1S/C29H31N7O8/c30-23(29(43)44)14-18(17-37)2-1-3-24(38)31-15-25(39)32-19-4-8-21(9-5-19)34-35-22-10-6-20(7-11-22)33-26(40)16-36-27(41)12-13-28(36)42/h4-13,17-18,23H,1-3,14-16,30H2,(H,31,38)(H,32,39)(H,33,40)(H,43,44)/t18-,23+/m1/s1. The zero-order valence-corrected chi connectivity index (χ0v) is 23.5. The van der Waals surface area contributed by atoms with Crippen LogP contribution in [0.5, 0.6) is 0 Å². The van der Waals surface area contributed by atoms with E-state index >= 15 is 0 Å². The van der Waals surface area contributed by atoms with Gasteiger partial charge in [0, 0.05) is 35.9 Å². The number of carboxylic acids is 1. The summed E-state index contributed by atoms with van der Waals surface area (Å²) < 4.78 is 0. The Bertz CT molecular complexity index is 1440. The lowest BCUT2D eigenvalue weighted by molar-refractivity contribution is -0.140. The van der Waals surface area contributed by atoms with E-state index in [2.05, 4.69) is 26.2 Å². The number of carbonyl (C=O) groups is 7. The maximum absolute atomic E-state index is 12.2. The third-order valence-electron chi connectivity index (χ3n) is 6.28. The molecule has 5 amide bonds. The van der Waals surface area contributed by atoms with Crippen molar-refractivity contribution in [2.45, 2.75) is 31.7 Å². The molecule has 15 heteroatoms. The Hall–Kier alpha value is -5.57. The number of nitrogens with zero attached hydrogens (tertiary/aromatic N) is 3. The second-order valence-corrected chi connectivity index (χ2v) is 9.73. The van der Waals surface area contributed by atoms with Crippen LogP contribution in [0.3, 0.4) is 0 Å². The highest BCUT2D eigenvalue weighted by molar-refractivity contribution is 6.15. The molecule has 6 N–H and O–H groups in total. The predicted molar refractivity (Wildman–Crippen MR) is 157 cm³/mol. The summed E-state index contributed by atoms with van der Waals surface area (Å²) in [7, 11) is 0. The summed E-state index contributed by atoms with van der Waals surface area (Å²) in [6, 6.07) is 11.7. The zero-order chi connectivity index (χ0) is 32.1. The smallest absolute Gasteiger partial charge is 0.320 e. The van der Waals surface area contributed by atoms with E-state index in [1.54, 1.807) is 48.5 Å². The van der Waals surface area contributed by atoms with Crippen molar-refractivity contribution in [1.29, 1.82) is 0 Å². The normalized spacial score (nSPS) is 13.9. The van der Waals surface area contributed by atoms with Gasteiger partial charge >= 0.3 is 5.97 Å². The number of nitrogens with two attached hydrogens (primary N) is 1. The quantitative estimate of drug-likeness (QED) is 0.107. The van der Waals surface area contributed by atoms with E-state index in [1.807, 2.05) is 0 Å². The Kier molecular flexibility index (Phi) is 12.1. The van der Waals surface area contributed by atoms with Crippen LogP contribution in [0.25, 0.3) is 0 Å². The Morgan fingerprint density at radius 1 is 0.841 bits per heavy atom. The minimum atomic E-state index is -1.19. The number of aliphatic carboxylic acids is 1. The van der Waals surface area contributed by atoms with Gasteiger partial charge in [0.15, 0.2) is 0 Å². The molecule has 0 aliphatic carbocycles. The van der Waals surface area contributed by atoms with Crippen LogP contribution in [0.2, 0.25) is 0 Å². The minimum absolute atomic E-state index is 0.00824. The molecule has 0 saturated heterocycles. The lowest BCUT2D eigenvalue weighted by Gasteiger charge is -2.13. The first-order chi connectivity index (χ1) is 21.0. The van der Waals surface area contributed by atoms with Gasteiger partial charge in [-0.2, -0.15) is 10.2 Å². The number of benzene rings is 2. The van der Waals surface area contributed by atoms with Gasteiger partial charge in [-0.1, -0.05) is 0 Å². The molecule has 1 aliphatic rings. The first kappa shape index (κ1) is 32.9. The maximum Gasteiger partial charge on any atom is 0.320 e. The van der Waals surface area contributed by atoms with Crippen molar-refractivity contribution < 1.29 is 38.7 Å². The summed E-state index contributed by atoms with van der Waals surface area (Å²) in [5.74, 6) is -4.20. The fourth-order valence-electron chi connectivity index (χ4n) is 3.94. The number of hydrogen-bond donors (Lipinski definition) is 5. The van der Waals surface area contributed by atoms with Crippen molar-refractivity contribution in [3.8, 4) is 0 Å². The van der Waals surface area contributed by atoms with E-state index in [0.717, 1.165) is 17.1 Å². The van der Waals surface area contributed by atoms with Gasteiger partial charge in [0.05, 0.1) is 17.9 Å². The van der Waals surface area contributed by atoms with Gasteiger partial charge in [-0.15, -0.1) is 0 Å². The largest absolute Gasteiger partial charge is 0.480 e. The van der Waals surface area contributed by atoms with E-state index in [9.17, 15) is 33.6 Å². The molecule has 0 saturated carbocycles. The van der Waals surface area contributed by atoms with Gasteiger partial charge in [-0.05, 0) is 67.8 Å². The predicted octanol–water partition coefficient (Wildman–Crippen LogP) is 1.81. The van der Waals surface area contributed by atoms with Crippen LogP contribution >= 0.6 is 0 Å². The van der Waals surface area contributed by atoms with Gasteiger partial charge in [0.25, 0.3) is 11.8 Å². The number of amides is 5. The summed E-state index contributed by atoms with van der Waals surface area (Å²) >= 11 is 0. The van der Waals surface area contributed by atoms with Gasteiger partial charge in [0.1, 0.15) is 18.9 Å². The topological polar surface area (TPSA) is 230 Å². The van der Waals surface area contributed by atoms with E-state index in [1.165, 1.54) is 0 Å². The number of imide groups is 1. The summed E-state index contributed by atoms with van der Waals surface area (Å²) in [5.41, 5.74) is 7.35. The molecule has 0 bridgehead atoms. The third kappa shape index (κ3) is 10.7. The Morgan fingerprint density at radius 2 is 1.36 bits per heavy atom. The van der Waals surface area contributed by atoms with E-state index in [-0.39, 0.29) is 25.3 Å². The first-order valence-corrected chi connectivity index (χ1v) is 13.5. The fraction of sp³-hybridized carbons (Fsp3) is 0.276.